The summed E-state index contributed by atoms with van der Waals surface area (Å²) in [6.07, 6.45) is -0.0427. The van der Waals surface area contributed by atoms with Crippen LogP contribution in [0.4, 0.5) is 0 Å². The van der Waals surface area contributed by atoms with E-state index >= 15 is 0 Å². The van der Waals surface area contributed by atoms with Crippen molar-refractivity contribution >= 4 is 11.6 Å². The number of nitrogens with one attached hydrogen (secondary N) is 1. The van der Waals surface area contributed by atoms with Gasteiger partial charge in [-0.2, -0.15) is 0 Å². The van der Waals surface area contributed by atoms with Crippen molar-refractivity contribution in [2.75, 3.05) is 0 Å². The highest BCUT2D eigenvalue weighted by Gasteiger charge is 2.27. The predicted molar refractivity (Wildman–Crippen MR) is 41.3 cm³/mol. The zero-order valence-electron chi connectivity index (χ0n) is 6.92. The molecule has 0 spiro atoms. The van der Waals surface area contributed by atoms with Gasteiger partial charge in [0.15, 0.2) is 0 Å². The zero-order chi connectivity index (χ0) is 8.43. The molecule has 0 aromatic heterocycles. The van der Waals surface area contributed by atoms with Crippen LogP contribution in [-0.2, 0) is 9.63 Å². The molecule has 1 aliphatic rings. The molecule has 4 nitrogen and oxygen atoms in total. The van der Waals surface area contributed by atoms with Crippen molar-refractivity contribution in [1.29, 1.82) is 0 Å². The van der Waals surface area contributed by atoms with Crippen LogP contribution in [-0.4, -0.2) is 23.8 Å². The van der Waals surface area contributed by atoms with Crippen molar-refractivity contribution < 1.29 is 9.63 Å². The van der Waals surface area contributed by atoms with Crippen molar-refractivity contribution in [2.24, 2.45) is 5.16 Å². The summed E-state index contributed by atoms with van der Waals surface area (Å²) in [5.74, 6) is -0.0538. The fraction of sp³-hybridized carbons (Fsp3) is 0.714. The summed E-state index contributed by atoms with van der Waals surface area (Å²) in [7, 11) is 0. The molecule has 4 heteroatoms. The molecular weight excluding hydrogens is 144 g/mol. The molecule has 0 aromatic rings. The molecule has 62 valence electrons. The first-order valence-corrected chi connectivity index (χ1v) is 3.58. The van der Waals surface area contributed by atoms with Crippen LogP contribution in [0.15, 0.2) is 5.16 Å². The van der Waals surface area contributed by atoms with Gasteiger partial charge in [-0.1, -0.05) is 5.16 Å². The standard InChI is InChI=1S/C7H12N2O2/c1-4-7(8-6(3)10)5(2)11-9-4/h5,7H,1-3H3,(H,8,10). The summed E-state index contributed by atoms with van der Waals surface area (Å²) in [6.45, 7) is 5.20. The highest BCUT2D eigenvalue weighted by Crippen LogP contribution is 2.09. The van der Waals surface area contributed by atoms with Crippen molar-refractivity contribution in [3.8, 4) is 0 Å². The molecular formula is C7H12N2O2. The average molecular weight is 156 g/mol. The van der Waals surface area contributed by atoms with Crippen molar-refractivity contribution in [3.05, 3.63) is 0 Å². The fourth-order valence-electron chi connectivity index (χ4n) is 1.06. The summed E-state index contributed by atoms with van der Waals surface area (Å²) in [4.78, 5) is 15.6. The molecule has 1 amide bonds. The molecule has 1 aliphatic heterocycles. The first kappa shape index (κ1) is 8.04. The summed E-state index contributed by atoms with van der Waals surface area (Å²) in [5, 5.41) is 6.50. The molecule has 2 unspecified atom stereocenters. The van der Waals surface area contributed by atoms with Crippen LogP contribution in [0.25, 0.3) is 0 Å². The number of hydrogen-bond acceptors (Lipinski definition) is 3. The van der Waals surface area contributed by atoms with E-state index in [2.05, 4.69) is 10.5 Å². The molecule has 0 aromatic carbocycles. The quantitative estimate of drug-likeness (QED) is 0.593. The number of rotatable bonds is 1. The molecule has 1 N–H and O–H groups in total. The average Bonchev–Trinajstić information content (AvgIpc) is 2.18. The first-order chi connectivity index (χ1) is 5.11. The highest BCUT2D eigenvalue weighted by molar-refractivity contribution is 5.91. The van der Waals surface area contributed by atoms with E-state index in [0.717, 1.165) is 5.71 Å². The third kappa shape index (κ3) is 1.69. The smallest absolute Gasteiger partial charge is 0.217 e. The Hall–Kier alpha value is -1.06. The Bertz CT molecular complexity index is 201. The van der Waals surface area contributed by atoms with Crippen LogP contribution in [0.2, 0.25) is 0 Å². The fourth-order valence-corrected chi connectivity index (χ4v) is 1.06. The molecule has 1 heterocycles. The number of amides is 1. The summed E-state index contributed by atoms with van der Waals surface area (Å²) in [6, 6.07) is -0.0486. The minimum Gasteiger partial charge on any atom is -0.390 e. The van der Waals surface area contributed by atoms with Crippen molar-refractivity contribution in [2.45, 2.75) is 32.9 Å². The van der Waals surface area contributed by atoms with Crippen LogP contribution >= 0.6 is 0 Å². The third-order valence-corrected chi connectivity index (χ3v) is 1.64. The Kier molecular flexibility index (Phi) is 2.12. The Morgan fingerprint density at radius 1 is 1.73 bits per heavy atom. The molecule has 0 saturated carbocycles. The van der Waals surface area contributed by atoms with E-state index in [1.165, 1.54) is 6.92 Å². The third-order valence-electron chi connectivity index (χ3n) is 1.64. The number of hydrogen-bond donors (Lipinski definition) is 1. The van der Waals surface area contributed by atoms with Gasteiger partial charge in [-0.3, -0.25) is 4.79 Å². The lowest BCUT2D eigenvalue weighted by Gasteiger charge is -2.13. The maximum atomic E-state index is 10.7. The van der Waals surface area contributed by atoms with Crippen molar-refractivity contribution in [3.63, 3.8) is 0 Å². The minimum absolute atomic E-state index is 0.0427. The topological polar surface area (TPSA) is 50.7 Å². The second kappa shape index (κ2) is 2.90. The largest absolute Gasteiger partial charge is 0.390 e. The Morgan fingerprint density at radius 3 is 2.73 bits per heavy atom. The number of carbonyl (C=O) groups excluding carboxylic acids is 1. The van der Waals surface area contributed by atoms with Crippen LogP contribution in [0.5, 0.6) is 0 Å². The van der Waals surface area contributed by atoms with Gasteiger partial charge in [0.2, 0.25) is 5.91 Å². The lowest BCUT2D eigenvalue weighted by molar-refractivity contribution is -0.119. The van der Waals surface area contributed by atoms with Crippen LogP contribution in [0.3, 0.4) is 0 Å². The van der Waals surface area contributed by atoms with E-state index in [0.29, 0.717) is 0 Å². The summed E-state index contributed by atoms with van der Waals surface area (Å²) >= 11 is 0. The molecule has 2 atom stereocenters. The van der Waals surface area contributed by atoms with Gasteiger partial charge in [0.1, 0.15) is 12.1 Å². The van der Waals surface area contributed by atoms with E-state index in [9.17, 15) is 4.79 Å². The lowest BCUT2D eigenvalue weighted by atomic mass is 10.1. The van der Waals surface area contributed by atoms with E-state index < -0.39 is 0 Å². The second-order valence-electron chi connectivity index (χ2n) is 2.72. The van der Waals surface area contributed by atoms with E-state index in [-0.39, 0.29) is 18.1 Å². The molecule has 11 heavy (non-hydrogen) atoms. The number of nitrogens with zero attached hydrogens (tertiary/aromatic N) is 1. The van der Waals surface area contributed by atoms with Gasteiger partial charge in [-0.25, -0.2) is 0 Å². The van der Waals surface area contributed by atoms with Gasteiger partial charge in [0.05, 0.1) is 5.71 Å². The Labute approximate surface area is 65.6 Å². The minimum atomic E-state index is -0.0538. The van der Waals surface area contributed by atoms with Gasteiger partial charge in [-0.15, -0.1) is 0 Å². The van der Waals surface area contributed by atoms with Crippen LogP contribution in [0, 0.1) is 0 Å². The van der Waals surface area contributed by atoms with E-state index in [4.69, 9.17) is 4.84 Å². The first-order valence-electron chi connectivity index (χ1n) is 3.58. The second-order valence-corrected chi connectivity index (χ2v) is 2.72. The number of carbonyl (C=O) groups is 1. The summed E-state index contributed by atoms with van der Waals surface area (Å²) in [5.41, 5.74) is 0.827. The maximum absolute atomic E-state index is 10.7. The maximum Gasteiger partial charge on any atom is 0.217 e. The van der Waals surface area contributed by atoms with Crippen molar-refractivity contribution in [1.82, 2.24) is 5.32 Å². The SMILES string of the molecule is CC(=O)NC1C(C)=NOC1C. The van der Waals surface area contributed by atoms with Crippen LogP contribution in [0.1, 0.15) is 20.8 Å². The molecule has 0 saturated heterocycles. The molecule has 1 rings (SSSR count). The zero-order valence-corrected chi connectivity index (χ0v) is 6.92. The summed E-state index contributed by atoms with van der Waals surface area (Å²) < 4.78 is 0. The Balaban J connectivity index is 2.56. The highest BCUT2D eigenvalue weighted by atomic mass is 16.6. The lowest BCUT2D eigenvalue weighted by Crippen LogP contribution is -2.43. The van der Waals surface area contributed by atoms with Gasteiger partial charge < -0.3 is 10.2 Å². The normalized spacial score (nSPS) is 29.2. The van der Waals surface area contributed by atoms with Crippen LogP contribution < -0.4 is 5.32 Å². The predicted octanol–water partition coefficient (Wildman–Crippen LogP) is 0.286. The van der Waals surface area contributed by atoms with Gasteiger partial charge in [0.25, 0.3) is 0 Å². The number of oxime groups is 1. The van der Waals surface area contributed by atoms with E-state index in [1.54, 1.807) is 0 Å². The monoisotopic (exact) mass is 156 g/mol. The van der Waals surface area contributed by atoms with E-state index in [1.807, 2.05) is 13.8 Å². The van der Waals surface area contributed by atoms with Gasteiger partial charge in [-0.05, 0) is 13.8 Å². The van der Waals surface area contributed by atoms with Gasteiger partial charge in [0, 0.05) is 6.92 Å². The molecule has 0 radical (unpaired) electrons. The molecule has 0 aliphatic carbocycles. The van der Waals surface area contributed by atoms with Gasteiger partial charge >= 0.3 is 0 Å². The molecule has 0 fully saturated rings. The Morgan fingerprint density at radius 2 is 2.36 bits per heavy atom. The molecule has 0 bridgehead atoms.